The summed E-state index contributed by atoms with van der Waals surface area (Å²) in [6.07, 6.45) is 1.35. The van der Waals surface area contributed by atoms with E-state index in [1.165, 1.54) is 12.1 Å². The largest absolute Gasteiger partial charge is 0.342 e. The number of benzene rings is 1. The zero-order chi connectivity index (χ0) is 12.3. The lowest BCUT2D eigenvalue weighted by atomic mass is 10.1. The van der Waals surface area contributed by atoms with E-state index in [1.54, 1.807) is 6.07 Å². The molecular formula is C13H15BrFNO. The van der Waals surface area contributed by atoms with Gasteiger partial charge in [0.05, 0.1) is 0 Å². The summed E-state index contributed by atoms with van der Waals surface area (Å²) in [5.74, 6) is 0.425. The Labute approximate surface area is 109 Å². The predicted molar refractivity (Wildman–Crippen MR) is 68.6 cm³/mol. The molecule has 1 heterocycles. The van der Waals surface area contributed by atoms with Crippen molar-refractivity contribution in [3.63, 3.8) is 0 Å². The number of carbonyl (C=O) groups is 1. The van der Waals surface area contributed by atoms with Crippen LogP contribution in [-0.4, -0.2) is 29.2 Å². The summed E-state index contributed by atoms with van der Waals surface area (Å²) >= 11 is 3.41. The number of hydrogen-bond acceptors (Lipinski definition) is 1. The number of carbonyl (C=O) groups excluding carboxylic acids is 1. The van der Waals surface area contributed by atoms with Gasteiger partial charge in [0.25, 0.3) is 0 Å². The average molecular weight is 300 g/mol. The fourth-order valence-electron chi connectivity index (χ4n) is 2.13. The van der Waals surface area contributed by atoms with Gasteiger partial charge in [-0.1, -0.05) is 28.1 Å². The van der Waals surface area contributed by atoms with Gasteiger partial charge in [-0.2, -0.15) is 0 Å². The molecule has 0 spiro atoms. The Bertz CT molecular complexity index is 410. The smallest absolute Gasteiger partial charge is 0.222 e. The second kappa shape index (κ2) is 5.63. The zero-order valence-electron chi connectivity index (χ0n) is 9.53. The lowest BCUT2D eigenvalue weighted by Crippen LogP contribution is -2.27. The molecule has 1 aliphatic rings. The molecule has 0 aromatic heterocycles. The van der Waals surface area contributed by atoms with Crippen LogP contribution in [0.15, 0.2) is 24.3 Å². The molecule has 2 rings (SSSR count). The first kappa shape index (κ1) is 12.6. The van der Waals surface area contributed by atoms with Crippen molar-refractivity contribution in [3.05, 3.63) is 35.6 Å². The van der Waals surface area contributed by atoms with Gasteiger partial charge >= 0.3 is 0 Å². The fraction of sp³-hybridized carbons (Fsp3) is 0.462. The van der Waals surface area contributed by atoms with Crippen LogP contribution in [0.5, 0.6) is 0 Å². The predicted octanol–water partition coefficient (Wildman–Crippen LogP) is 2.61. The summed E-state index contributed by atoms with van der Waals surface area (Å²) in [4.78, 5) is 13.5. The molecule has 1 amide bonds. The Hall–Kier alpha value is -0.900. The number of likely N-dealkylation sites (tertiary alicyclic amines) is 1. The van der Waals surface area contributed by atoms with Gasteiger partial charge in [0.15, 0.2) is 0 Å². The first-order valence-electron chi connectivity index (χ1n) is 5.77. The van der Waals surface area contributed by atoms with Crippen LogP contribution in [0, 0.1) is 11.7 Å². The SMILES string of the molecule is O=C1CC(CBr)CN1CCc1cccc(F)c1. The van der Waals surface area contributed by atoms with Crippen molar-refractivity contribution in [2.75, 3.05) is 18.4 Å². The summed E-state index contributed by atoms with van der Waals surface area (Å²) in [5, 5.41) is 0.870. The lowest BCUT2D eigenvalue weighted by molar-refractivity contribution is -0.127. The van der Waals surface area contributed by atoms with Crippen molar-refractivity contribution in [1.82, 2.24) is 4.90 Å². The van der Waals surface area contributed by atoms with Crippen molar-refractivity contribution < 1.29 is 9.18 Å². The quantitative estimate of drug-likeness (QED) is 0.783. The normalized spacial score (nSPS) is 20.0. The molecule has 17 heavy (non-hydrogen) atoms. The first-order valence-corrected chi connectivity index (χ1v) is 6.89. The van der Waals surface area contributed by atoms with E-state index in [2.05, 4.69) is 15.9 Å². The number of alkyl halides is 1. The van der Waals surface area contributed by atoms with Gasteiger partial charge in [0.1, 0.15) is 5.82 Å². The topological polar surface area (TPSA) is 20.3 Å². The third-order valence-corrected chi connectivity index (χ3v) is 3.99. The Morgan fingerprint density at radius 3 is 2.94 bits per heavy atom. The Morgan fingerprint density at radius 1 is 1.47 bits per heavy atom. The molecular weight excluding hydrogens is 285 g/mol. The number of nitrogens with zero attached hydrogens (tertiary/aromatic N) is 1. The fourth-order valence-corrected chi connectivity index (χ4v) is 2.56. The minimum Gasteiger partial charge on any atom is -0.342 e. The van der Waals surface area contributed by atoms with Gasteiger partial charge < -0.3 is 4.90 Å². The highest BCUT2D eigenvalue weighted by atomic mass is 79.9. The minimum absolute atomic E-state index is 0.214. The van der Waals surface area contributed by atoms with E-state index in [9.17, 15) is 9.18 Å². The van der Waals surface area contributed by atoms with E-state index in [1.807, 2.05) is 11.0 Å². The molecule has 1 unspecified atom stereocenters. The van der Waals surface area contributed by atoms with Crippen LogP contribution in [0.25, 0.3) is 0 Å². The van der Waals surface area contributed by atoms with E-state index < -0.39 is 0 Å². The summed E-state index contributed by atoms with van der Waals surface area (Å²) in [6.45, 7) is 1.51. The van der Waals surface area contributed by atoms with Crippen LogP contribution in [0.4, 0.5) is 4.39 Å². The number of amides is 1. The molecule has 4 heteroatoms. The van der Waals surface area contributed by atoms with Gasteiger partial charge in [-0.05, 0) is 30.0 Å². The van der Waals surface area contributed by atoms with Gasteiger partial charge in [-0.25, -0.2) is 4.39 Å². The standard InChI is InChI=1S/C13H15BrFNO/c14-8-11-7-13(17)16(9-11)5-4-10-2-1-3-12(15)6-10/h1-3,6,11H,4-5,7-9H2. The molecule has 1 aromatic carbocycles. The van der Waals surface area contributed by atoms with E-state index >= 15 is 0 Å². The summed E-state index contributed by atoms with van der Waals surface area (Å²) in [5.41, 5.74) is 0.945. The molecule has 0 N–H and O–H groups in total. The van der Waals surface area contributed by atoms with Gasteiger partial charge in [0, 0.05) is 24.8 Å². The molecule has 1 saturated heterocycles. The van der Waals surface area contributed by atoms with Gasteiger partial charge in [0.2, 0.25) is 5.91 Å². The van der Waals surface area contributed by atoms with Crippen LogP contribution in [0.1, 0.15) is 12.0 Å². The monoisotopic (exact) mass is 299 g/mol. The highest BCUT2D eigenvalue weighted by molar-refractivity contribution is 9.09. The van der Waals surface area contributed by atoms with E-state index in [0.717, 1.165) is 23.9 Å². The zero-order valence-corrected chi connectivity index (χ0v) is 11.1. The maximum atomic E-state index is 13.0. The lowest BCUT2D eigenvalue weighted by Gasteiger charge is -2.16. The third-order valence-electron chi connectivity index (χ3n) is 3.07. The van der Waals surface area contributed by atoms with E-state index in [0.29, 0.717) is 18.9 Å². The van der Waals surface area contributed by atoms with Crippen molar-refractivity contribution in [3.8, 4) is 0 Å². The van der Waals surface area contributed by atoms with Crippen LogP contribution in [0.3, 0.4) is 0 Å². The number of halogens is 2. The van der Waals surface area contributed by atoms with E-state index in [-0.39, 0.29) is 11.7 Å². The van der Waals surface area contributed by atoms with Crippen LogP contribution in [0.2, 0.25) is 0 Å². The number of rotatable bonds is 4. The van der Waals surface area contributed by atoms with Crippen LogP contribution >= 0.6 is 15.9 Å². The van der Waals surface area contributed by atoms with Gasteiger partial charge in [-0.15, -0.1) is 0 Å². The first-order chi connectivity index (χ1) is 8.19. The molecule has 1 aliphatic heterocycles. The molecule has 1 aromatic rings. The maximum absolute atomic E-state index is 13.0. The molecule has 1 fully saturated rings. The maximum Gasteiger partial charge on any atom is 0.222 e. The molecule has 1 atom stereocenters. The highest BCUT2D eigenvalue weighted by Gasteiger charge is 2.28. The molecule has 0 saturated carbocycles. The van der Waals surface area contributed by atoms with Crippen LogP contribution in [-0.2, 0) is 11.2 Å². The van der Waals surface area contributed by atoms with Crippen molar-refractivity contribution >= 4 is 21.8 Å². The molecule has 0 radical (unpaired) electrons. The van der Waals surface area contributed by atoms with Crippen molar-refractivity contribution in [1.29, 1.82) is 0 Å². The van der Waals surface area contributed by atoms with Crippen molar-refractivity contribution in [2.24, 2.45) is 5.92 Å². The molecule has 2 nitrogen and oxygen atoms in total. The van der Waals surface area contributed by atoms with Crippen molar-refractivity contribution in [2.45, 2.75) is 12.8 Å². The third kappa shape index (κ3) is 3.28. The number of hydrogen-bond donors (Lipinski definition) is 0. The Kier molecular flexibility index (Phi) is 4.15. The summed E-state index contributed by atoms with van der Waals surface area (Å²) in [6, 6.07) is 6.57. The minimum atomic E-state index is -0.214. The van der Waals surface area contributed by atoms with E-state index in [4.69, 9.17) is 0 Å². The Balaban J connectivity index is 1.88. The van der Waals surface area contributed by atoms with Gasteiger partial charge in [-0.3, -0.25) is 4.79 Å². The Morgan fingerprint density at radius 2 is 2.29 bits per heavy atom. The highest BCUT2D eigenvalue weighted by Crippen LogP contribution is 2.19. The molecule has 0 aliphatic carbocycles. The summed E-state index contributed by atoms with van der Waals surface area (Å²) < 4.78 is 13.0. The average Bonchev–Trinajstić information content (AvgIpc) is 2.68. The molecule has 0 bridgehead atoms. The van der Waals surface area contributed by atoms with Crippen LogP contribution < -0.4 is 0 Å². The second-order valence-electron chi connectivity index (χ2n) is 4.44. The second-order valence-corrected chi connectivity index (χ2v) is 5.09. The molecule has 92 valence electrons. The summed E-state index contributed by atoms with van der Waals surface area (Å²) in [7, 11) is 0.